The highest BCUT2D eigenvalue weighted by molar-refractivity contribution is 6.07. The molecule has 1 amide bonds. The minimum Gasteiger partial charge on any atom is -0.465 e. The smallest absolute Gasteiger partial charge is 0.356 e. The number of methoxy groups -OCH3 is 1. The number of rotatable bonds is 5. The third-order valence-corrected chi connectivity index (χ3v) is 3.05. The van der Waals surface area contributed by atoms with E-state index in [2.05, 4.69) is 15.0 Å². The molecule has 1 aromatic heterocycles. The Morgan fingerprint density at radius 1 is 1.00 bits per heavy atom. The van der Waals surface area contributed by atoms with Gasteiger partial charge < -0.3 is 14.8 Å². The molecular weight excluding hydrogens is 312 g/mol. The number of esters is 2. The predicted octanol–water partition coefficient (Wildman–Crippen LogP) is 2.30. The molecule has 0 aliphatic heterocycles. The molecule has 0 aliphatic rings. The zero-order valence-electron chi connectivity index (χ0n) is 13.2. The van der Waals surface area contributed by atoms with Crippen molar-refractivity contribution in [3.8, 4) is 0 Å². The number of para-hydroxylation sites is 1. The van der Waals surface area contributed by atoms with Gasteiger partial charge in [-0.05, 0) is 31.2 Å². The van der Waals surface area contributed by atoms with E-state index in [4.69, 9.17) is 4.74 Å². The Morgan fingerprint density at radius 3 is 2.42 bits per heavy atom. The minimum atomic E-state index is -0.609. The average molecular weight is 328 g/mol. The van der Waals surface area contributed by atoms with Crippen molar-refractivity contribution in [2.75, 3.05) is 19.0 Å². The Bertz CT molecular complexity index is 773. The number of anilines is 1. The first-order chi connectivity index (χ1) is 11.6. The molecule has 1 heterocycles. The Labute approximate surface area is 138 Å². The van der Waals surface area contributed by atoms with E-state index in [0.717, 1.165) is 0 Å². The summed E-state index contributed by atoms with van der Waals surface area (Å²) in [5.41, 5.74) is 0.568. The fourth-order valence-electron chi connectivity index (χ4n) is 1.95. The topological polar surface area (TPSA) is 94.6 Å². The number of ether oxygens (including phenoxy) is 2. The van der Waals surface area contributed by atoms with E-state index in [1.54, 1.807) is 25.1 Å². The molecule has 0 aliphatic carbocycles. The Kier molecular flexibility index (Phi) is 5.62. The van der Waals surface area contributed by atoms with Crippen LogP contribution in [0.3, 0.4) is 0 Å². The number of carbonyl (C=O) groups is 3. The molecule has 0 saturated heterocycles. The van der Waals surface area contributed by atoms with Crippen molar-refractivity contribution in [1.82, 2.24) is 4.98 Å². The van der Waals surface area contributed by atoms with Crippen molar-refractivity contribution in [3.05, 3.63) is 59.4 Å². The molecule has 1 N–H and O–H groups in total. The monoisotopic (exact) mass is 328 g/mol. The first-order valence-corrected chi connectivity index (χ1v) is 7.19. The highest BCUT2D eigenvalue weighted by Crippen LogP contribution is 2.17. The number of amides is 1. The number of benzene rings is 1. The number of hydrogen-bond acceptors (Lipinski definition) is 6. The minimum absolute atomic E-state index is 0.0280. The van der Waals surface area contributed by atoms with Crippen LogP contribution in [0.25, 0.3) is 0 Å². The molecule has 0 spiro atoms. The highest BCUT2D eigenvalue weighted by atomic mass is 16.5. The largest absolute Gasteiger partial charge is 0.465 e. The Hall–Kier alpha value is -3.22. The van der Waals surface area contributed by atoms with Crippen LogP contribution < -0.4 is 5.32 Å². The summed E-state index contributed by atoms with van der Waals surface area (Å²) in [5, 5.41) is 2.59. The molecule has 1 aromatic carbocycles. The molecule has 0 fully saturated rings. The fourth-order valence-corrected chi connectivity index (χ4v) is 1.95. The molecule has 2 rings (SSSR count). The molecule has 2 aromatic rings. The van der Waals surface area contributed by atoms with Crippen LogP contribution in [0.4, 0.5) is 5.69 Å². The molecular formula is C17H16N2O5. The van der Waals surface area contributed by atoms with Crippen LogP contribution >= 0.6 is 0 Å². The summed E-state index contributed by atoms with van der Waals surface area (Å²) < 4.78 is 9.53. The summed E-state index contributed by atoms with van der Waals surface area (Å²) in [5.74, 6) is -1.74. The van der Waals surface area contributed by atoms with Gasteiger partial charge in [0.2, 0.25) is 0 Å². The number of pyridine rings is 1. The maximum Gasteiger partial charge on any atom is 0.356 e. The number of hydrogen-bond donors (Lipinski definition) is 1. The molecule has 124 valence electrons. The lowest BCUT2D eigenvalue weighted by Crippen LogP contribution is -2.18. The molecule has 24 heavy (non-hydrogen) atoms. The second kappa shape index (κ2) is 7.87. The van der Waals surface area contributed by atoms with Gasteiger partial charge in [0, 0.05) is 0 Å². The van der Waals surface area contributed by atoms with E-state index < -0.39 is 17.8 Å². The first-order valence-electron chi connectivity index (χ1n) is 7.19. The third kappa shape index (κ3) is 3.95. The molecule has 0 unspecified atom stereocenters. The van der Waals surface area contributed by atoms with Gasteiger partial charge in [0.15, 0.2) is 0 Å². The zero-order valence-corrected chi connectivity index (χ0v) is 13.2. The quantitative estimate of drug-likeness (QED) is 0.846. The number of aromatic nitrogens is 1. The maximum absolute atomic E-state index is 12.3. The summed E-state index contributed by atoms with van der Waals surface area (Å²) in [7, 11) is 1.26. The van der Waals surface area contributed by atoms with Crippen molar-refractivity contribution in [2.24, 2.45) is 0 Å². The van der Waals surface area contributed by atoms with E-state index in [1.165, 1.54) is 31.4 Å². The van der Waals surface area contributed by atoms with E-state index >= 15 is 0 Å². The van der Waals surface area contributed by atoms with Gasteiger partial charge in [-0.15, -0.1) is 0 Å². The molecule has 0 bridgehead atoms. The average Bonchev–Trinajstić information content (AvgIpc) is 2.61. The van der Waals surface area contributed by atoms with E-state index in [-0.39, 0.29) is 29.2 Å². The molecule has 0 atom stereocenters. The third-order valence-electron chi connectivity index (χ3n) is 3.05. The molecule has 7 heteroatoms. The van der Waals surface area contributed by atoms with Crippen molar-refractivity contribution < 1.29 is 23.9 Å². The Morgan fingerprint density at radius 2 is 1.71 bits per heavy atom. The van der Waals surface area contributed by atoms with Gasteiger partial charge in [0.05, 0.1) is 25.0 Å². The predicted molar refractivity (Wildman–Crippen MR) is 85.9 cm³/mol. The van der Waals surface area contributed by atoms with Gasteiger partial charge >= 0.3 is 11.9 Å². The lowest BCUT2D eigenvalue weighted by Gasteiger charge is -2.09. The van der Waals surface area contributed by atoms with E-state index in [1.807, 2.05) is 0 Å². The fraction of sp³-hybridized carbons (Fsp3) is 0.176. The van der Waals surface area contributed by atoms with Crippen LogP contribution in [-0.2, 0) is 9.47 Å². The lowest BCUT2D eigenvalue weighted by molar-refractivity contribution is 0.0518. The van der Waals surface area contributed by atoms with Crippen molar-refractivity contribution >= 4 is 23.5 Å². The molecule has 7 nitrogen and oxygen atoms in total. The summed E-state index contributed by atoms with van der Waals surface area (Å²) in [4.78, 5) is 39.7. The Balaban J connectivity index is 2.24. The van der Waals surface area contributed by atoms with Crippen LogP contribution in [0.1, 0.15) is 38.3 Å². The number of nitrogens with zero attached hydrogens (tertiary/aromatic N) is 1. The van der Waals surface area contributed by atoms with Crippen molar-refractivity contribution in [2.45, 2.75) is 6.92 Å². The van der Waals surface area contributed by atoms with E-state index in [9.17, 15) is 14.4 Å². The van der Waals surface area contributed by atoms with E-state index in [0.29, 0.717) is 0 Å². The van der Waals surface area contributed by atoms with Gasteiger partial charge in [-0.25, -0.2) is 14.6 Å². The van der Waals surface area contributed by atoms with Gasteiger partial charge in [-0.2, -0.15) is 0 Å². The highest BCUT2D eigenvalue weighted by Gasteiger charge is 2.16. The van der Waals surface area contributed by atoms with Crippen LogP contribution in [0.2, 0.25) is 0 Å². The summed E-state index contributed by atoms with van der Waals surface area (Å²) in [6.45, 7) is 1.89. The zero-order chi connectivity index (χ0) is 17.5. The molecule has 0 saturated carbocycles. The van der Waals surface area contributed by atoms with Gasteiger partial charge in [0.25, 0.3) is 5.91 Å². The summed E-state index contributed by atoms with van der Waals surface area (Å²) in [6.07, 6.45) is 0. The van der Waals surface area contributed by atoms with Gasteiger partial charge in [0.1, 0.15) is 11.4 Å². The number of carbonyl (C=O) groups excluding carboxylic acids is 3. The van der Waals surface area contributed by atoms with Crippen LogP contribution in [0, 0.1) is 0 Å². The van der Waals surface area contributed by atoms with Crippen LogP contribution in [-0.4, -0.2) is 36.5 Å². The standard InChI is InChI=1S/C17H16N2O5/c1-3-24-17(22)14-10-6-9-13(18-14)15(20)19-12-8-5-4-7-11(12)16(21)23-2/h4-10H,3H2,1-2H3,(H,19,20). The number of nitrogens with one attached hydrogen (secondary N) is 1. The first kappa shape index (κ1) is 17.1. The normalized spacial score (nSPS) is 9.92. The molecule has 0 radical (unpaired) electrons. The lowest BCUT2D eigenvalue weighted by atomic mass is 10.1. The second-order valence-corrected chi connectivity index (χ2v) is 4.62. The second-order valence-electron chi connectivity index (χ2n) is 4.62. The maximum atomic E-state index is 12.3. The van der Waals surface area contributed by atoms with Gasteiger partial charge in [-0.1, -0.05) is 18.2 Å². The van der Waals surface area contributed by atoms with Gasteiger partial charge in [-0.3, -0.25) is 4.79 Å². The SMILES string of the molecule is CCOC(=O)c1cccc(C(=O)Nc2ccccc2C(=O)OC)n1. The summed E-state index contributed by atoms with van der Waals surface area (Å²) in [6, 6.07) is 10.9. The van der Waals surface area contributed by atoms with Crippen LogP contribution in [0.5, 0.6) is 0 Å². The van der Waals surface area contributed by atoms with Crippen LogP contribution in [0.15, 0.2) is 42.5 Å². The van der Waals surface area contributed by atoms with Crippen molar-refractivity contribution in [3.63, 3.8) is 0 Å². The summed E-state index contributed by atoms with van der Waals surface area (Å²) >= 11 is 0. The van der Waals surface area contributed by atoms with Crippen molar-refractivity contribution in [1.29, 1.82) is 0 Å².